The van der Waals surface area contributed by atoms with Crippen LogP contribution >= 0.6 is 0 Å². The van der Waals surface area contributed by atoms with Crippen molar-refractivity contribution < 1.29 is 19.0 Å². The lowest BCUT2D eigenvalue weighted by Crippen LogP contribution is -2.27. The standard InChI is InChI=1S/C8H14O4/c1-6(8(9)10-2)12-7-4-3-5-11-7/h6-7H,3-5H2,1-2H3/t6-,7?/m0/s1. The van der Waals surface area contributed by atoms with Crippen LogP contribution in [0.3, 0.4) is 0 Å². The van der Waals surface area contributed by atoms with E-state index in [1.807, 2.05) is 0 Å². The molecule has 70 valence electrons. The molecule has 0 radical (unpaired) electrons. The third-order valence-electron chi connectivity index (χ3n) is 1.78. The molecule has 0 aromatic rings. The number of hydrogen-bond acceptors (Lipinski definition) is 4. The van der Waals surface area contributed by atoms with Gasteiger partial charge in [0.1, 0.15) is 0 Å². The highest BCUT2D eigenvalue weighted by Crippen LogP contribution is 2.15. The lowest BCUT2D eigenvalue weighted by molar-refractivity contribution is -0.177. The smallest absolute Gasteiger partial charge is 0.334 e. The predicted octanol–water partition coefficient (Wildman–Crippen LogP) is 0.701. The molecule has 1 saturated heterocycles. The molecule has 0 amide bonds. The van der Waals surface area contributed by atoms with E-state index in [4.69, 9.17) is 9.47 Å². The molecule has 1 fully saturated rings. The molecule has 12 heavy (non-hydrogen) atoms. The monoisotopic (exact) mass is 174 g/mol. The molecule has 4 nitrogen and oxygen atoms in total. The number of esters is 1. The van der Waals surface area contributed by atoms with Gasteiger partial charge in [-0.05, 0) is 13.3 Å². The number of ether oxygens (including phenoxy) is 3. The Hall–Kier alpha value is -0.610. The second-order valence-corrected chi connectivity index (χ2v) is 2.74. The van der Waals surface area contributed by atoms with Crippen molar-refractivity contribution in [1.82, 2.24) is 0 Å². The quantitative estimate of drug-likeness (QED) is 0.591. The minimum absolute atomic E-state index is 0.223. The fourth-order valence-corrected chi connectivity index (χ4v) is 1.10. The molecule has 1 rings (SSSR count). The minimum Gasteiger partial charge on any atom is -0.467 e. The number of hydrogen-bond donors (Lipinski definition) is 0. The summed E-state index contributed by atoms with van der Waals surface area (Å²) in [5, 5.41) is 0. The Morgan fingerprint density at radius 3 is 2.92 bits per heavy atom. The van der Waals surface area contributed by atoms with Crippen LogP contribution in [0.4, 0.5) is 0 Å². The van der Waals surface area contributed by atoms with Crippen LogP contribution in [0.5, 0.6) is 0 Å². The van der Waals surface area contributed by atoms with Crippen LogP contribution < -0.4 is 0 Å². The van der Waals surface area contributed by atoms with E-state index in [2.05, 4.69) is 4.74 Å². The molecule has 1 heterocycles. The minimum atomic E-state index is -0.530. The average molecular weight is 174 g/mol. The molecule has 0 aliphatic carbocycles. The van der Waals surface area contributed by atoms with Gasteiger partial charge in [-0.1, -0.05) is 0 Å². The number of rotatable bonds is 3. The van der Waals surface area contributed by atoms with Crippen molar-refractivity contribution in [3.8, 4) is 0 Å². The van der Waals surface area contributed by atoms with Gasteiger partial charge in [-0.15, -0.1) is 0 Å². The van der Waals surface area contributed by atoms with Crippen molar-refractivity contribution in [2.45, 2.75) is 32.2 Å². The Morgan fingerprint density at radius 2 is 2.42 bits per heavy atom. The number of methoxy groups -OCH3 is 1. The zero-order chi connectivity index (χ0) is 8.97. The lowest BCUT2D eigenvalue weighted by Gasteiger charge is -2.15. The molecular weight excluding hydrogens is 160 g/mol. The fourth-order valence-electron chi connectivity index (χ4n) is 1.10. The van der Waals surface area contributed by atoms with Gasteiger partial charge in [0, 0.05) is 13.0 Å². The summed E-state index contributed by atoms with van der Waals surface area (Å²) in [7, 11) is 1.34. The largest absolute Gasteiger partial charge is 0.467 e. The molecule has 0 bridgehead atoms. The third kappa shape index (κ3) is 2.46. The maximum absolute atomic E-state index is 10.9. The third-order valence-corrected chi connectivity index (χ3v) is 1.78. The first kappa shape index (κ1) is 9.48. The first-order valence-electron chi connectivity index (χ1n) is 4.09. The van der Waals surface area contributed by atoms with Gasteiger partial charge in [-0.3, -0.25) is 0 Å². The van der Waals surface area contributed by atoms with Crippen LogP contribution in [0, 0.1) is 0 Å². The van der Waals surface area contributed by atoms with E-state index in [0.29, 0.717) is 0 Å². The topological polar surface area (TPSA) is 44.8 Å². The zero-order valence-electron chi connectivity index (χ0n) is 7.41. The highest BCUT2D eigenvalue weighted by Gasteiger charge is 2.22. The van der Waals surface area contributed by atoms with Crippen molar-refractivity contribution in [3.63, 3.8) is 0 Å². The van der Waals surface area contributed by atoms with Crippen LogP contribution in [-0.2, 0) is 19.0 Å². The van der Waals surface area contributed by atoms with Gasteiger partial charge in [-0.2, -0.15) is 0 Å². The van der Waals surface area contributed by atoms with Crippen LogP contribution in [0.1, 0.15) is 19.8 Å². The highest BCUT2D eigenvalue weighted by molar-refractivity contribution is 5.73. The second-order valence-electron chi connectivity index (χ2n) is 2.74. The molecule has 4 heteroatoms. The van der Waals surface area contributed by atoms with Gasteiger partial charge >= 0.3 is 5.97 Å². The van der Waals surface area contributed by atoms with Crippen molar-refractivity contribution in [2.75, 3.05) is 13.7 Å². The molecule has 2 atom stereocenters. The van der Waals surface area contributed by atoms with Crippen molar-refractivity contribution in [3.05, 3.63) is 0 Å². The summed E-state index contributed by atoms with van der Waals surface area (Å²) in [6.07, 6.45) is 1.11. The first-order valence-corrected chi connectivity index (χ1v) is 4.09. The summed E-state index contributed by atoms with van der Waals surface area (Å²) in [6.45, 7) is 2.38. The summed E-state index contributed by atoms with van der Waals surface area (Å²) in [5.74, 6) is -0.356. The average Bonchev–Trinajstić information content (AvgIpc) is 2.55. The van der Waals surface area contributed by atoms with E-state index in [1.165, 1.54) is 7.11 Å². The summed E-state index contributed by atoms with van der Waals surface area (Å²) in [4.78, 5) is 10.9. The van der Waals surface area contributed by atoms with Gasteiger partial charge in [-0.25, -0.2) is 4.79 Å². The van der Waals surface area contributed by atoms with E-state index in [1.54, 1.807) is 6.92 Å². The Balaban J connectivity index is 2.24. The molecule has 0 aromatic carbocycles. The number of carbonyl (C=O) groups excluding carboxylic acids is 1. The van der Waals surface area contributed by atoms with E-state index in [0.717, 1.165) is 19.4 Å². The molecule has 0 aromatic heterocycles. The normalized spacial score (nSPS) is 25.3. The van der Waals surface area contributed by atoms with Crippen molar-refractivity contribution >= 4 is 5.97 Å². The molecule has 0 N–H and O–H groups in total. The first-order chi connectivity index (χ1) is 5.74. The van der Waals surface area contributed by atoms with Crippen LogP contribution in [-0.4, -0.2) is 32.1 Å². The maximum Gasteiger partial charge on any atom is 0.334 e. The maximum atomic E-state index is 10.9. The van der Waals surface area contributed by atoms with Gasteiger partial charge < -0.3 is 14.2 Å². The van der Waals surface area contributed by atoms with E-state index < -0.39 is 6.10 Å². The van der Waals surface area contributed by atoms with Gasteiger partial charge in [0.25, 0.3) is 0 Å². The lowest BCUT2D eigenvalue weighted by atomic mass is 10.3. The predicted molar refractivity (Wildman–Crippen MR) is 41.5 cm³/mol. The Labute approximate surface area is 71.8 Å². The van der Waals surface area contributed by atoms with Crippen LogP contribution in [0.25, 0.3) is 0 Å². The number of carbonyl (C=O) groups is 1. The van der Waals surface area contributed by atoms with Gasteiger partial charge in [0.05, 0.1) is 7.11 Å². The highest BCUT2D eigenvalue weighted by atomic mass is 16.7. The fraction of sp³-hybridized carbons (Fsp3) is 0.875. The van der Waals surface area contributed by atoms with Crippen LogP contribution in [0.2, 0.25) is 0 Å². The Morgan fingerprint density at radius 1 is 1.67 bits per heavy atom. The molecule has 1 unspecified atom stereocenters. The van der Waals surface area contributed by atoms with Crippen molar-refractivity contribution in [1.29, 1.82) is 0 Å². The molecule has 1 aliphatic rings. The van der Waals surface area contributed by atoms with Crippen LogP contribution in [0.15, 0.2) is 0 Å². The summed E-state index contributed by atoms with van der Waals surface area (Å²) >= 11 is 0. The second kappa shape index (κ2) is 4.42. The summed E-state index contributed by atoms with van der Waals surface area (Å²) in [6, 6.07) is 0. The van der Waals surface area contributed by atoms with E-state index >= 15 is 0 Å². The van der Waals surface area contributed by atoms with Gasteiger partial charge in [0.15, 0.2) is 12.4 Å². The van der Waals surface area contributed by atoms with Gasteiger partial charge in [0.2, 0.25) is 0 Å². The SMILES string of the molecule is COC(=O)[C@H](C)OC1CCCO1. The Kier molecular flexibility index (Phi) is 3.49. The molecular formula is C8H14O4. The van der Waals surface area contributed by atoms with E-state index in [-0.39, 0.29) is 12.3 Å². The van der Waals surface area contributed by atoms with E-state index in [9.17, 15) is 4.79 Å². The summed E-state index contributed by atoms with van der Waals surface area (Å²) < 4.78 is 15.0. The molecule has 0 saturated carbocycles. The zero-order valence-corrected chi connectivity index (χ0v) is 7.41. The van der Waals surface area contributed by atoms with Crippen molar-refractivity contribution in [2.24, 2.45) is 0 Å². The molecule has 0 spiro atoms. The molecule has 1 aliphatic heterocycles. The summed E-state index contributed by atoms with van der Waals surface area (Å²) in [5.41, 5.74) is 0. The Bertz CT molecular complexity index is 151.